The number of hydrogen-bond acceptors (Lipinski definition) is 3. The summed E-state index contributed by atoms with van der Waals surface area (Å²) < 4.78 is 95.5. The fourth-order valence-corrected chi connectivity index (χ4v) is 1.96. The Kier molecular flexibility index (Phi) is 5.87. The summed E-state index contributed by atoms with van der Waals surface area (Å²) in [6, 6.07) is 1.04. The quantitative estimate of drug-likeness (QED) is 0.727. The van der Waals surface area contributed by atoms with E-state index in [-0.39, 0.29) is 17.8 Å². The van der Waals surface area contributed by atoms with Crippen LogP contribution in [0.1, 0.15) is 31.9 Å². The van der Waals surface area contributed by atoms with E-state index in [0.29, 0.717) is 6.07 Å². The van der Waals surface area contributed by atoms with E-state index in [4.69, 9.17) is 4.74 Å². The third kappa shape index (κ3) is 4.57. The second-order valence-electron chi connectivity index (χ2n) is 6.31. The lowest BCUT2D eigenvalue weighted by molar-refractivity contribution is -0.348. The molecule has 0 fully saturated rings. The molecular weight excluding hydrogens is 375 g/mol. The largest absolute Gasteiger partial charge is 0.444 e. The van der Waals surface area contributed by atoms with Gasteiger partial charge in [-0.3, -0.25) is 5.32 Å². The van der Waals surface area contributed by atoms with Crippen molar-refractivity contribution in [1.82, 2.24) is 0 Å². The molecule has 0 heterocycles. The first kappa shape index (κ1) is 22.0. The molecule has 148 valence electrons. The van der Waals surface area contributed by atoms with Gasteiger partial charge in [0.2, 0.25) is 0 Å². The minimum Gasteiger partial charge on any atom is -0.444 e. The number of amides is 1. The molecule has 1 rings (SSSR count). The van der Waals surface area contributed by atoms with Crippen LogP contribution >= 0.6 is 0 Å². The van der Waals surface area contributed by atoms with Gasteiger partial charge in [0.25, 0.3) is 0 Å². The van der Waals surface area contributed by atoms with Crippen molar-refractivity contribution in [3.63, 3.8) is 0 Å². The number of carbonyl (C=O) groups is 1. The first-order chi connectivity index (χ1) is 11.5. The molecule has 0 aliphatic carbocycles. The van der Waals surface area contributed by atoms with E-state index < -0.39 is 47.4 Å². The normalized spacial score (nSPS) is 13.5. The van der Waals surface area contributed by atoms with Gasteiger partial charge in [-0.2, -0.15) is 26.3 Å². The fourth-order valence-electron chi connectivity index (χ4n) is 1.96. The number of aliphatic hydroxyl groups excluding tert-OH is 1. The molecule has 0 aliphatic heterocycles. The maximum absolute atomic E-state index is 14.0. The number of nitrogens with one attached hydrogen (secondary N) is 1. The van der Waals surface area contributed by atoms with Gasteiger partial charge in [-0.25, -0.2) is 9.18 Å². The minimum absolute atomic E-state index is 0.188. The standard InChI is InChI=1S/C15H16F7NO3/c1-12(2,3)26-11(25)23-10-5-4-9(6-8(10)7-24)13(16,14(17,18)19)15(20,21)22/h4-6,24H,7H2,1-3H3,(H,23,25). The Morgan fingerprint density at radius 1 is 1.04 bits per heavy atom. The Balaban J connectivity index is 3.33. The Hall–Kier alpha value is -2.04. The summed E-state index contributed by atoms with van der Waals surface area (Å²) in [5.41, 5.74) is -9.20. The van der Waals surface area contributed by atoms with Crippen LogP contribution in [0.25, 0.3) is 0 Å². The smallest absolute Gasteiger partial charge is 0.435 e. The molecule has 1 amide bonds. The van der Waals surface area contributed by atoms with Gasteiger partial charge in [0.1, 0.15) is 5.60 Å². The third-order valence-corrected chi connectivity index (χ3v) is 3.09. The van der Waals surface area contributed by atoms with Crippen LogP contribution in [0.15, 0.2) is 18.2 Å². The Morgan fingerprint density at radius 3 is 1.92 bits per heavy atom. The lowest BCUT2D eigenvalue weighted by Crippen LogP contribution is -2.50. The summed E-state index contributed by atoms with van der Waals surface area (Å²) in [5, 5.41) is 11.3. The van der Waals surface area contributed by atoms with E-state index in [1.165, 1.54) is 20.8 Å². The highest BCUT2D eigenvalue weighted by Gasteiger charge is 2.73. The highest BCUT2D eigenvalue weighted by Crippen LogP contribution is 2.53. The molecule has 11 heteroatoms. The van der Waals surface area contributed by atoms with Gasteiger partial charge < -0.3 is 9.84 Å². The molecule has 0 unspecified atom stereocenters. The van der Waals surface area contributed by atoms with E-state index in [2.05, 4.69) is 5.32 Å². The zero-order valence-corrected chi connectivity index (χ0v) is 13.8. The Labute approximate surface area is 143 Å². The molecule has 0 bridgehead atoms. The van der Waals surface area contributed by atoms with Crippen molar-refractivity contribution < 1.29 is 45.4 Å². The van der Waals surface area contributed by atoms with Gasteiger partial charge in [-0.05, 0) is 32.9 Å². The average Bonchev–Trinajstić information content (AvgIpc) is 2.42. The van der Waals surface area contributed by atoms with Crippen molar-refractivity contribution in [3.05, 3.63) is 29.3 Å². The fraction of sp³-hybridized carbons (Fsp3) is 0.533. The van der Waals surface area contributed by atoms with Gasteiger partial charge in [0, 0.05) is 16.8 Å². The molecular formula is C15H16F7NO3. The van der Waals surface area contributed by atoms with Crippen molar-refractivity contribution in [2.75, 3.05) is 5.32 Å². The van der Waals surface area contributed by atoms with Crippen LogP contribution in [0.3, 0.4) is 0 Å². The number of ether oxygens (including phenoxy) is 1. The van der Waals surface area contributed by atoms with E-state index in [1.54, 1.807) is 0 Å². The second kappa shape index (κ2) is 6.93. The summed E-state index contributed by atoms with van der Waals surface area (Å²) in [6.07, 6.45) is -13.6. The van der Waals surface area contributed by atoms with Gasteiger partial charge in [-0.15, -0.1) is 0 Å². The van der Waals surface area contributed by atoms with Crippen LogP contribution in [0, 0.1) is 0 Å². The summed E-state index contributed by atoms with van der Waals surface area (Å²) in [4.78, 5) is 11.6. The molecule has 26 heavy (non-hydrogen) atoms. The lowest BCUT2D eigenvalue weighted by atomic mass is 9.92. The van der Waals surface area contributed by atoms with Crippen LogP contribution in [0.5, 0.6) is 0 Å². The summed E-state index contributed by atoms with van der Waals surface area (Å²) in [7, 11) is 0. The van der Waals surface area contributed by atoms with Crippen LogP contribution in [-0.2, 0) is 17.0 Å². The summed E-state index contributed by atoms with van der Waals surface area (Å²) in [5.74, 6) is 0. The molecule has 2 N–H and O–H groups in total. The van der Waals surface area contributed by atoms with Crippen LogP contribution in [0.4, 0.5) is 41.2 Å². The van der Waals surface area contributed by atoms with Crippen molar-refractivity contribution in [2.24, 2.45) is 0 Å². The number of carbonyl (C=O) groups excluding carboxylic acids is 1. The monoisotopic (exact) mass is 391 g/mol. The first-order valence-corrected chi connectivity index (χ1v) is 7.09. The van der Waals surface area contributed by atoms with Crippen molar-refractivity contribution in [1.29, 1.82) is 0 Å². The molecule has 0 aliphatic rings. The summed E-state index contributed by atoms with van der Waals surface area (Å²) in [6.45, 7) is 3.51. The number of halogens is 7. The molecule has 1 aromatic carbocycles. The molecule has 0 radical (unpaired) electrons. The van der Waals surface area contributed by atoms with Crippen LogP contribution in [-0.4, -0.2) is 29.2 Å². The molecule has 0 aromatic heterocycles. The highest BCUT2D eigenvalue weighted by atomic mass is 19.4. The van der Waals surface area contributed by atoms with E-state index in [1.807, 2.05) is 0 Å². The predicted molar refractivity (Wildman–Crippen MR) is 77.1 cm³/mol. The maximum Gasteiger partial charge on any atom is 0.435 e. The minimum atomic E-state index is -6.28. The van der Waals surface area contributed by atoms with Crippen LogP contribution < -0.4 is 5.32 Å². The Morgan fingerprint density at radius 2 is 1.54 bits per heavy atom. The van der Waals surface area contributed by atoms with E-state index >= 15 is 0 Å². The predicted octanol–water partition coefficient (Wildman–Crippen LogP) is 4.82. The summed E-state index contributed by atoms with van der Waals surface area (Å²) >= 11 is 0. The number of hydrogen-bond donors (Lipinski definition) is 2. The van der Waals surface area contributed by atoms with Crippen molar-refractivity contribution in [3.8, 4) is 0 Å². The van der Waals surface area contributed by atoms with Gasteiger partial charge >= 0.3 is 24.1 Å². The molecule has 0 atom stereocenters. The second-order valence-corrected chi connectivity index (χ2v) is 6.31. The molecule has 0 saturated heterocycles. The van der Waals surface area contributed by atoms with Gasteiger partial charge in [0.05, 0.1) is 6.61 Å². The van der Waals surface area contributed by atoms with E-state index in [9.17, 15) is 40.6 Å². The van der Waals surface area contributed by atoms with Crippen LogP contribution in [0.2, 0.25) is 0 Å². The first-order valence-electron chi connectivity index (χ1n) is 7.09. The van der Waals surface area contributed by atoms with E-state index in [0.717, 1.165) is 0 Å². The number of benzene rings is 1. The zero-order valence-electron chi connectivity index (χ0n) is 13.8. The number of aliphatic hydroxyl groups is 1. The molecule has 0 spiro atoms. The lowest BCUT2D eigenvalue weighted by Gasteiger charge is -2.30. The molecule has 1 aromatic rings. The maximum atomic E-state index is 14.0. The topological polar surface area (TPSA) is 58.6 Å². The van der Waals surface area contributed by atoms with Gasteiger partial charge in [0.15, 0.2) is 0 Å². The zero-order chi connectivity index (χ0) is 20.6. The number of alkyl halides is 7. The van der Waals surface area contributed by atoms with Gasteiger partial charge in [-0.1, -0.05) is 6.07 Å². The van der Waals surface area contributed by atoms with Crippen molar-refractivity contribution in [2.45, 2.75) is 51.0 Å². The highest BCUT2D eigenvalue weighted by molar-refractivity contribution is 5.86. The Bertz CT molecular complexity index is 649. The van der Waals surface area contributed by atoms with Crippen molar-refractivity contribution >= 4 is 11.8 Å². The number of rotatable bonds is 3. The molecule has 0 saturated carbocycles. The SMILES string of the molecule is CC(C)(C)OC(=O)Nc1ccc(C(F)(C(F)(F)F)C(F)(F)F)cc1CO. The molecule has 4 nitrogen and oxygen atoms in total. The third-order valence-electron chi connectivity index (χ3n) is 3.09. The number of anilines is 1. The average molecular weight is 391 g/mol.